The second-order valence-corrected chi connectivity index (χ2v) is 6.53. The van der Waals surface area contributed by atoms with Gasteiger partial charge in [0.2, 0.25) is 5.91 Å². The van der Waals surface area contributed by atoms with Gasteiger partial charge in [0, 0.05) is 18.3 Å². The second kappa shape index (κ2) is 6.66. The van der Waals surface area contributed by atoms with Crippen molar-refractivity contribution in [1.82, 2.24) is 14.7 Å². The number of halogens is 1. The van der Waals surface area contributed by atoms with Gasteiger partial charge in [0.1, 0.15) is 11.4 Å². The maximum Gasteiger partial charge on any atom is 0.329 e. The number of hydrogen-bond acceptors (Lipinski definition) is 3. The second-order valence-electron chi connectivity index (χ2n) is 6.53. The monoisotopic (exact) mass is 347 g/mol. The number of nitrogens with zero attached hydrogens (tertiary/aromatic N) is 3. The van der Waals surface area contributed by atoms with Crippen LogP contribution in [0.1, 0.15) is 30.8 Å². The Labute approximate surface area is 145 Å². The Kier molecular flexibility index (Phi) is 4.97. The standard InChI is InChI=1S/C18H22FN3O3/c1-11-15(10-16(23)21(5)18(3,4)17(24)25)12(2)22(20-11)14-8-6-13(19)7-9-14/h6-9H,10H2,1-5H3,(H,24,25). The van der Waals surface area contributed by atoms with Gasteiger partial charge in [0.15, 0.2) is 0 Å². The Balaban J connectivity index is 2.31. The van der Waals surface area contributed by atoms with Crippen molar-refractivity contribution in [3.63, 3.8) is 0 Å². The van der Waals surface area contributed by atoms with Gasteiger partial charge in [-0.3, -0.25) is 4.79 Å². The highest BCUT2D eigenvalue weighted by atomic mass is 19.1. The molecule has 0 aliphatic rings. The van der Waals surface area contributed by atoms with Crippen molar-refractivity contribution in [3.05, 3.63) is 47.0 Å². The largest absolute Gasteiger partial charge is 0.480 e. The molecule has 7 heteroatoms. The lowest BCUT2D eigenvalue weighted by Gasteiger charge is -2.31. The number of rotatable bonds is 5. The summed E-state index contributed by atoms with van der Waals surface area (Å²) >= 11 is 0. The van der Waals surface area contributed by atoms with Crippen LogP contribution in [0.5, 0.6) is 0 Å². The third-order valence-electron chi connectivity index (χ3n) is 4.58. The van der Waals surface area contributed by atoms with Gasteiger partial charge in [-0.25, -0.2) is 13.9 Å². The molecule has 0 unspecified atom stereocenters. The molecule has 0 spiro atoms. The van der Waals surface area contributed by atoms with E-state index in [9.17, 15) is 19.1 Å². The van der Waals surface area contributed by atoms with Crippen LogP contribution in [0.25, 0.3) is 5.69 Å². The lowest BCUT2D eigenvalue weighted by atomic mass is 10.0. The highest BCUT2D eigenvalue weighted by molar-refractivity contribution is 5.87. The van der Waals surface area contributed by atoms with Crippen LogP contribution in [-0.4, -0.2) is 44.3 Å². The summed E-state index contributed by atoms with van der Waals surface area (Å²) in [7, 11) is 1.48. The fourth-order valence-electron chi connectivity index (χ4n) is 2.49. The highest BCUT2D eigenvalue weighted by Crippen LogP contribution is 2.21. The van der Waals surface area contributed by atoms with Crippen molar-refractivity contribution in [2.75, 3.05) is 7.05 Å². The van der Waals surface area contributed by atoms with Crippen molar-refractivity contribution in [2.45, 2.75) is 39.7 Å². The smallest absolute Gasteiger partial charge is 0.329 e. The van der Waals surface area contributed by atoms with Crippen LogP contribution in [0.4, 0.5) is 4.39 Å². The predicted molar refractivity (Wildman–Crippen MR) is 91.2 cm³/mol. The van der Waals surface area contributed by atoms with Gasteiger partial charge in [0.05, 0.1) is 17.8 Å². The van der Waals surface area contributed by atoms with Crippen LogP contribution in [0.15, 0.2) is 24.3 Å². The van der Waals surface area contributed by atoms with E-state index in [4.69, 9.17) is 0 Å². The van der Waals surface area contributed by atoms with E-state index in [1.54, 1.807) is 23.7 Å². The lowest BCUT2D eigenvalue weighted by molar-refractivity contribution is -0.155. The van der Waals surface area contributed by atoms with Gasteiger partial charge < -0.3 is 10.0 Å². The number of amides is 1. The molecule has 0 aliphatic carbocycles. The van der Waals surface area contributed by atoms with Crippen LogP contribution in [0.2, 0.25) is 0 Å². The molecule has 0 aliphatic heterocycles. The summed E-state index contributed by atoms with van der Waals surface area (Å²) in [6.45, 7) is 6.58. The molecule has 25 heavy (non-hydrogen) atoms. The van der Waals surface area contributed by atoms with Gasteiger partial charge in [0.25, 0.3) is 0 Å². The van der Waals surface area contributed by atoms with E-state index in [-0.39, 0.29) is 18.1 Å². The third kappa shape index (κ3) is 3.55. The van der Waals surface area contributed by atoms with Crippen LogP contribution in [-0.2, 0) is 16.0 Å². The van der Waals surface area contributed by atoms with E-state index in [0.717, 1.165) is 11.3 Å². The zero-order chi connectivity index (χ0) is 18.9. The quantitative estimate of drug-likeness (QED) is 0.902. The summed E-state index contributed by atoms with van der Waals surface area (Å²) in [6.07, 6.45) is 0.0477. The number of carboxylic acid groups (broad SMARTS) is 1. The van der Waals surface area contributed by atoms with Gasteiger partial charge in [-0.2, -0.15) is 5.10 Å². The molecular weight excluding hydrogens is 325 g/mol. The maximum absolute atomic E-state index is 13.1. The Morgan fingerprint density at radius 2 is 1.80 bits per heavy atom. The molecule has 1 aromatic heterocycles. The first-order valence-electron chi connectivity index (χ1n) is 7.86. The molecule has 0 fully saturated rings. The van der Waals surface area contributed by atoms with Gasteiger partial charge in [-0.1, -0.05) is 0 Å². The van der Waals surface area contributed by atoms with E-state index >= 15 is 0 Å². The Morgan fingerprint density at radius 1 is 1.24 bits per heavy atom. The van der Waals surface area contributed by atoms with Crippen molar-refractivity contribution in [3.8, 4) is 5.69 Å². The molecule has 1 amide bonds. The number of carbonyl (C=O) groups excluding carboxylic acids is 1. The Bertz CT molecular complexity index is 810. The van der Waals surface area contributed by atoms with E-state index in [1.807, 2.05) is 6.92 Å². The van der Waals surface area contributed by atoms with Crippen molar-refractivity contribution in [2.24, 2.45) is 0 Å². The SMILES string of the molecule is Cc1nn(-c2ccc(F)cc2)c(C)c1CC(=O)N(C)C(C)(C)C(=O)O. The molecule has 1 heterocycles. The van der Waals surface area contributed by atoms with Crippen LogP contribution >= 0.6 is 0 Å². The summed E-state index contributed by atoms with van der Waals surface area (Å²) in [4.78, 5) is 25.1. The minimum Gasteiger partial charge on any atom is -0.480 e. The van der Waals surface area contributed by atoms with E-state index < -0.39 is 11.5 Å². The molecule has 0 saturated heterocycles. The molecule has 2 rings (SSSR count). The van der Waals surface area contributed by atoms with Crippen LogP contribution in [0, 0.1) is 19.7 Å². The van der Waals surface area contributed by atoms with E-state index in [1.165, 1.54) is 37.9 Å². The summed E-state index contributed by atoms with van der Waals surface area (Å²) in [5, 5.41) is 13.7. The first-order valence-corrected chi connectivity index (χ1v) is 7.86. The summed E-state index contributed by atoms with van der Waals surface area (Å²) in [5.74, 6) is -1.71. The lowest BCUT2D eigenvalue weighted by Crippen LogP contribution is -2.51. The number of carboxylic acids is 1. The van der Waals surface area contributed by atoms with Crippen LogP contribution < -0.4 is 0 Å². The maximum atomic E-state index is 13.1. The molecule has 0 atom stereocenters. The predicted octanol–water partition coefficient (Wildman–Crippen LogP) is 2.49. The summed E-state index contributed by atoms with van der Waals surface area (Å²) in [5.41, 5.74) is 1.57. The number of hydrogen-bond donors (Lipinski definition) is 1. The van der Waals surface area contributed by atoms with Gasteiger partial charge in [-0.15, -0.1) is 0 Å². The first-order chi connectivity index (χ1) is 11.6. The number of likely N-dealkylation sites (N-methyl/N-ethyl adjacent to an activating group) is 1. The van der Waals surface area contributed by atoms with Gasteiger partial charge in [-0.05, 0) is 52.0 Å². The molecule has 2 aromatic rings. The van der Waals surface area contributed by atoms with Crippen molar-refractivity contribution < 1.29 is 19.1 Å². The normalized spacial score (nSPS) is 11.4. The average molecular weight is 347 g/mol. The molecular formula is C18H22FN3O3. The average Bonchev–Trinajstić information content (AvgIpc) is 2.82. The molecule has 134 valence electrons. The Hall–Kier alpha value is -2.70. The van der Waals surface area contributed by atoms with E-state index in [0.29, 0.717) is 11.4 Å². The number of benzene rings is 1. The number of aromatic nitrogens is 2. The number of carbonyl (C=O) groups is 2. The first kappa shape index (κ1) is 18.6. The molecule has 0 saturated carbocycles. The van der Waals surface area contributed by atoms with Crippen molar-refractivity contribution >= 4 is 11.9 Å². The summed E-state index contributed by atoms with van der Waals surface area (Å²) in [6, 6.07) is 5.92. The third-order valence-corrected chi connectivity index (χ3v) is 4.58. The van der Waals surface area contributed by atoms with Crippen molar-refractivity contribution in [1.29, 1.82) is 0 Å². The highest BCUT2D eigenvalue weighted by Gasteiger charge is 2.35. The molecule has 0 bridgehead atoms. The zero-order valence-electron chi connectivity index (χ0n) is 15.0. The fraction of sp³-hybridized carbons (Fsp3) is 0.389. The molecule has 1 aromatic carbocycles. The fourth-order valence-corrected chi connectivity index (χ4v) is 2.49. The Morgan fingerprint density at radius 3 is 2.32 bits per heavy atom. The number of aliphatic carboxylic acids is 1. The summed E-state index contributed by atoms with van der Waals surface area (Å²) < 4.78 is 14.7. The van der Waals surface area contributed by atoms with E-state index in [2.05, 4.69) is 5.10 Å². The molecule has 0 radical (unpaired) electrons. The molecule has 1 N–H and O–H groups in total. The topological polar surface area (TPSA) is 75.4 Å². The minimum absolute atomic E-state index is 0.0477. The number of aryl methyl sites for hydroxylation is 1. The van der Waals surface area contributed by atoms with Gasteiger partial charge >= 0.3 is 5.97 Å². The minimum atomic E-state index is -1.30. The zero-order valence-corrected chi connectivity index (χ0v) is 15.0. The molecule has 6 nitrogen and oxygen atoms in total. The van der Waals surface area contributed by atoms with Crippen LogP contribution in [0.3, 0.4) is 0 Å².